The van der Waals surface area contributed by atoms with Crippen molar-refractivity contribution in [2.75, 3.05) is 13.1 Å². The van der Waals surface area contributed by atoms with Gasteiger partial charge in [-0.2, -0.15) is 0 Å². The minimum Gasteiger partial charge on any atom is -0.323 e. The molecule has 0 bridgehead atoms. The van der Waals surface area contributed by atoms with Crippen molar-refractivity contribution in [1.82, 2.24) is 5.32 Å². The molecule has 0 saturated carbocycles. The Morgan fingerprint density at radius 3 is 2.55 bits per heavy atom. The predicted molar refractivity (Wildman–Crippen MR) is 48.4 cm³/mol. The van der Waals surface area contributed by atoms with E-state index >= 15 is 0 Å². The summed E-state index contributed by atoms with van der Waals surface area (Å²) in [5.74, 6) is 0. The van der Waals surface area contributed by atoms with Crippen LogP contribution < -0.4 is 11.1 Å². The van der Waals surface area contributed by atoms with Crippen molar-refractivity contribution >= 4 is 0 Å². The Labute approximate surface area is 68.9 Å². The molecule has 11 heavy (non-hydrogen) atoms. The maximum Gasteiger partial charge on any atom is 0.0354 e. The van der Waals surface area contributed by atoms with Gasteiger partial charge in [-0.15, -0.1) is 0 Å². The molecule has 0 radical (unpaired) electrons. The molecule has 1 aliphatic rings. The van der Waals surface area contributed by atoms with Crippen LogP contribution in [0.25, 0.3) is 0 Å². The molecule has 1 atom stereocenters. The zero-order valence-corrected chi connectivity index (χ0v) is 7.65. The predicted octanol–water partition coefficient (Wildman–Crippen LogP) is 0.889. The smallest absolute Gasteiger partial charge is 0.0354 e. The third kappa shape index (κ3) is 2.31. The summed E-state index contributed by atoms with van der Waals surface area (Å²) in [7, 11) is 0. The summed E-state index contributed by atoms with van der Waals surface area (Å²) in [5, 5.41) is 3.30. The van der Waals surface area contributed by atoms with Crippen molar-refractivity contribution in [2.24, 2.45) is 11.1 Å². The summed E-state index contributed by atoms with van der Waals surface area (Å²) in [5.41, 5.74) is 7.48. The second kappa shape index (κ2) is 2.95. The molecule has 1 rings (SSSR count). The van der Waals surface area contributed by atoms with E-state index in [1.54, 1.807) is 0 Å². The molecule has 0 amide bonds. The molecule has 3 N–H and O–H groups in total. The molecule has 0 fully saturated rings. The first kappa shape index (κ1) is 8.75. The lowest BCUT2D eigenvalue weighted by molar-refractivity contribution is 0.457. The van der Waals surface area contributed by atoms with Gasteiger partial charge in [-0.05, 0) is 5.41 Å². The molecule has 1 aliphatic heterocycles. The van der Waals surface area contributed by atoms with E-state index in [0.29, 0.717) is 0 Å². The molecular weight excluding hydrogens is 136 g/mol. The highest BCUT2D eigenvalue weighted by molar-refractivity contribution is 5.18. The Bertz CT molecular complexity index is 165. The largest absolute Gasteiger partial charge is 0.323 e. The van der Waals surface area contributed by atoms with Crippen LogP contribution in [0.5, 0.6) is 0 Å². The number of nitrogens with one attached hydrogen (secondary N) is 1. The highest BCUT2D eigenvalue weighted by Gasteiger charge is 2.20. The number of nitrogens with two attached hydrogens (primary N) is 1. The summed E-state index contributed by atoms with van der Waals surface area (Å²) in [6, 6.07) is 0.206. The fraction of sp³-hybridized carbons (Fsp3) is 0.778. The number of hydrogen-bond acceptors (Lipinski definition) is 2. The Morgan fingerprint density at radius 1 is 1.55 bits per heavy atom. The van der Waals surface area contributed by atoms with Crippen LogP contribution in [0.15, 0.2) is 11.6 Å². The van der Waals surface area contributed by atoms with Crippen molar-refractivity contribution in [2.45, 2.75) is 26.8 Å². The molecule has 0 aliphatic carbocycles. The van der Waals surface area contributed by atoms with E-state index < -0.39 is 0 Å². The first-order valence-electron chi connectivity index (χ1n) is 4.17. The summed E-state index contributed by atoms with van der Waals surface area (Å²) < 4.78 is 0. The zero-order valence-electron chi connectivity index (χ0n) is 7.65. The summed E-state index contributed by atoms with van der Waals surface area (Å²) in [4.78, 5) is 0. The van der Waals surface area contributed by atoms with Crippen LogP contribution in [0.1, 0.15) is 20.8 Å². The van der Waals surface area contributed by atoms with Gasteiger partial charge in [-0.25, -0.2) is 0 Å². The minimum atomic E-state index is 0.206. The van der Waals surface area contributed by atoms with Crippen molar-refractivity contribution in [3.05, 3.63) is 11.6 Å². The SMILES string of the molecule is CC(C)(C)C1=CC(N)CNC1. The van der Waals surface area contributed by atoms with Crippen LogP contribution in [-0.4, -0.2) is 19.1 Å². The fourth-order valence-corrected chi connectivity index (χ4v) is 1.26. The van der Waals surface area contributed by atoms with E-state index in [2.05, 4.69) is 32.2 Å². The highest BCUT2D eigenvalue weighted by atomic mass is 14.9. The quantitative estimate of drug-likeness (QED) is 0.508. The average Bonchev–Trinajstić information content (AvgIpc) is 1.86. The second-order valence-corrected chi connectivity index (χ2v) is 4.24. The van der Waals surface area contributed by atoms with Crippen molar-refractivity contribution in [3.8, 4) is 0 Å². The molecule has 0 spiro atoms. The molecule has 1 heterocycles. The van der Waals surface area contributed by atoms with Crippen molar-refractivity contribution in [1.29, 1.82) is 0 Å². The minimum absolute atomic E-state index is 0.206. The monoisotopic (exact) mass is 154 g/mol. The van der Waals surface area contributed by atoms with Crippen LogP contribution >= 0.6 is 0 Å². The van der Waals surface area contributed by atoms with Crippen molar-refractivity contribution in [3.63, 3.8) is 0 Å². The van der Waals surface area contributed by atoms with Crippen LogP contribution in [-0.2, 0) is 0 Å². The summed E-state index contributed by atoms with van der Waals surface area (Å²) in [6.45, 7) is 8.58. The lowest BCUT2D eigenvalue weighted by Crippen LogP contribution is -2.40. The van der Waals surface area contributed by atoms with Crippen LogP contribution in [0, 0.1) is 5.41 Å². The first-order valence-corrected chi connectivity index (χ1v) is 4.17. The number of rotatable bonds is 0. The average molecular weight is 154 g/mol. The van der Waals surface area contributed by atoms with Crippen LogP contribution in [0.3, 0.4) is 0 Å². The third-order valence-electron chi connectivity index (χ3n) is 2.07. The normalized spacial score (nSPS) is 26.5. The van der Waals surface area contributed by atoms with E-state index in [4.69, 9.17) is 5.73 Å². The van der Waals surface area contributed by atoms with Crippen molar-refractivity contribution < 1.29 is 0 Å². The van der Waals surface area contributed by atoms with Gasteiger partial charge in [-0.3, -0.25) is 0 Å². The van der Waals surface area contributed by atoms with E-state index in [1.165, 1.54) is 5.57 Å². The van der Waals surface area contributed by atoms with Gasteiger partial charge >= 0.3 is 0 Å². The molecular formula is C9H18N2. The van der Waals surface area contributed by atoms with Gasteiger partial charge in [-0.1, -0.05) is 32.4 Å². The summed E-state index contributed by atoms with van der Waals surface area (Å²) in [6.07, 6.45) is 2.19. The lowest BCUT2D eigenvalue weighted by Gasteiger charge is -2.28. The van der Waals surface area contributed by atoms with E-state index in [1.807, 2.05) is 0 Å². The molecule has 0 aromatic heterocycles. The van der Waals surface area contributed by atoms with Crippen LogP contribution in [0.4, 0.5) is 0 Å². The van der Waals surface area contributed by atoms with E-state index in [0.717, 1.165) is 13.1 Å². The lowest BCUT2D eigenvalue weighted by atomic mass is 9.84. The third-order valence-corrected chi connectivity index (χ3v) is 2.07. The van der Waals surface area contributed by atoms with Gasteiger partial charge in [0.25, 0.3) is 0 Å². The van der Waals surface area contributed by atoms with E-state index in [9.17, 15) is 0 Å². The molecule has 1 unspecified atom stereocenters. The van der Waals surface area contributed by atoms with Gasteiger partial charge in [0.15, 0.2) is 0 Å². The van der Waals surface area contributed by atoms with E-state index in [-0.39, 0.29) is 11.5 Å². The number of hydrogen-bond donors (Lipinski definition) is 2. The maximum absolute atomic E-state index is 5.78. The van der Waals surface area contributed by atoms with Gasteiger partial charge in [0.1, 0.15) is 0 Å². The zero-order chi connectivity index (χ0) is 8.48. The Balaban J connectivity index is 2.71. The standard InChI is InChI=1S/C9H18N2/c1-9(2,3)7-4-8(10)6-11-5-7/h4,8,11H,5-6,10H2,1-3H3. The van der Waals surface area contributed by atoms with Gasteiger partial charge in [0.05, 0.1) is 0 Å². The van der Waals surface area contributed by atoms with Gasteiger partial charge in [0.2, 0.25) is 0 Å². The Hall–Kier alpha value is -0.340. The molecule has 2 heteroatoms. The molecule has 0 saturated heterocycles. The maximum atomic E-state index is 5.78. The fourth-order valence-electron chi connectivity index (χ4n) is 1.26. The topological polar surface area (TPSA) is 38.0 Å². The molecule has 2 nitrogen and oxygen atoms in total. The van der Waals surface area contributed by atoms with Gasteiger partial charge < -0.3 is 11.1 Å². The Morgan fingerprint density at radius 2 is 2.18 bits per heavy atom. The highest BCUT2D eigenvalue weighted by Crippen LogP contribution is 2.25. The molecule has 0 aromatic rings. The molecule has 64 valence electrons. The second-order valence-electron chi connectivity index (χ2n) is 4.24. The van der Waals surface area contributed by atoms with Crippen LogP contribution in [0.2, 0.25) is 0 Å². The van der Waals surface area contributed by atoms with Gasteiger partial charge in [0, 0.05) is 19.1 Å². The molecule has 0 aromatic carbocycles. The summed E-state index contributed by atoms with van der Waals surface area (Å²) >= 11 is 0. The first-order chi connectivity index (χ1) is 5.00. The Kier molecular flexibility index (Phi) is 2.35.